The maximum absolute atomic E-state index is 4.72. The topological polar surface area (TPSA) is 53.1 Å². The summed E-state index contributed by atoms with van der Waals surface area (Å²) >= 11 is 0. The molecule has 2 N–H and O–H groups in total. The molecule has 0 saturated carbocycles. The third kappa shape index (κ3) is 2.77. The Morgan fingerprint density at radius 2 is 1.76 bits per heavy atom. The van der Waals surface area contributed by atoms with Crippen LogP contribution in [0.4, 0.5) is 5.82 Å². The number of hydrogen-bond acceptors (Lipinski definition) is 5. The second-order valence-corrected chi connectivity index (χ2v) is 6.77. The highest BCUT2D eigenvalue weighted by Gasteiger charge is 2.33. The zero-order valence-corrected chi connectivity index (χ0v) is 12.8. The molecule has 0 aromatic carbocycles. The summed E-state index contributed by atoms with van der Waals surface area (Å²) in [5.41, 5.74) is 1.25. The van der Waals surface area contributed by atoms with Gasteiger partial charge in [-0.1, -0.05) is 0 Å². The number of anilines is 1. The monoisotopic (exact) mass is 287 g/mol. The third-order valence-corrected chi connectivity index (χ3v) is 5.14. The van der Waals surface area contributed by atoms with E-state index in [0.29, 0.717) is 18.0 Å². The first-order valence-electron chi connectivity index (χ1n) is 8.35. The standard InChI is InChI=1S/C16H25N5/c1-11-18-15(12-4-6-17-7-5-12)8-16(19-11)21-9-13-2-3-14(10-21)20-13/h8,12-14,17,20H,2-7,9-10H2,1H3/t13-,14+. The highest BCUT2D eigenvalue weighted by Crippen LogP contribution is 2.28. The van der Waals surface area contributed by atoms with E-state index in [1.807, 2.05) is 6.92 Å². The summed E-state index contributed by atoms with van der Waals surface area (Å²) in [5.74, 6) is 2.67. The van der Waals surface area contributed by atoms with Crippen LogP contribution in [0.1, 0.15) is 43.1 Å². The van der Waals surface area contributed by atoms with Crippen LogP contribution in [0.5, 0.6) is 0 Å². The van der Waals surface area contributed by atoms with Crippen LogP contribution < -0.4 is 15.5 Å². The molecule has 1 aromatic heterocycles. The van der Waals surface area contributed by atoms with E-state index in [1.165, 1.54) is 31.4 Å². The summed E-state index contributed by atoms with van der Waals surface area (Å²) in [6, 6.07) is 3.57. The molecule has 21 heavy (non-hydrogen) atoms. The molecule has 3 aliphatic rings. The normalized spacial score (nSPS) is 29.9. The first-order chi connectivity index (χ1) is 10.3. The summed E-state index contributed by atoms with van der Waals surface area (Å²) in [6.07, 6.45) is 5.02. The fraction of sp³-hybridized carbons (Fsp3) is 0.750. The number of rotatable bonds is 2. The lowest BCUT2D eigenvalue weighted by atomic mass is 9.94. The molecule has 3 saturated heterocycles. The Morgan fingerprint density at radius 3 is 2.48 bits per heavy atom. The number of aromatic nitrogens is 2. The molecule has 0 unspecified atom stereocenters. The highest BCUT2D eigenvalue weighted by atomic mass is 15.3. The Labute approximate surface area is 126 Å². The molecule has 0 spiro atoms. The van der Waals surface area contributed by atoms with Crippen molar-refractivity contribution in [3.8, 4) is 0 Å². The molecule has 1 aromatic rings. The molecule has 3 aliphatic heterocycles. The fourth-order valence-electron chi connectivity index (χ4n) is 4.05. The summed E-state index contributed by atoms with van der Waals surface area (Å²) in [4.78, 5) is 11.9. The molecule has 2 atom stereocenters. The van der Waals surface area contributed by atoms with Gasteiger partial charge in [-0.2, -0.15) is 0 Å². The quantitative estimate of drug-likeness (QED) is 0.856. The lowest BCUT2D eigenvalue weighted by molar-refractivity contribution is 0.449. The Hall–Kier alpha value is -1.20. The second-order valence-electron chi connectivity index (χ2n) is 6.77. The van der Waals surface area contributed by atoms with Crippen molar-refractivity contribution in [2.75, 3.05) is 31.1 Å². The SMILES string of the molecule is Cc1nc(C2CCNCC2)cc(N2C[C@H]3CC[C@@H](C2)N3)n1. The zero-order chi connectivity index (χ0) is 14.2. The first-order valence-corrected chi connectivity index (χ1v) is 8.35. The number of nitrogens with one attached hydrogen (secondary N) is 2. The van der Waals surface area contributed by atoms with Gasteiger partial charge in [-0.05, 0) is 45.7 Å². The van der Waals surface area contributed by atoms with Crippen molar-refractivity contribution in [2.45, 2.75) is 50.6 Å². The van der Waals surface area contributed by atoms with Crippen LogP contribution in [-0.2, 0) is 0 Å². The number of nitrogens with zero attached hydrogens (tertiary/aromatic N) is 3. The number of piperidine rings is 1. The lowest BCUT2D eigenvalue weighted by Gasteiger charge is -2.34. The molecule has 5 heteroatoms. The molecular formula is C16H25N5. The minimum Gasteiger partial charge on any atom is -0.353 e. The van der Waals surface area contributed by atoms with Gasteiger partial charge in [0, 0.05) is 42.9 Å². The highest BCUT2D eigenvalue weighted by molar-refractivity contribution is 5.42. The summed E-state index contributed by atoms with van der Waals surface area (Å²) in [7, 11) is 0. The molecule has 4 heterocycles. The van der Waals surface area contributed by atoms with Crippen molar-refractivity contribution < 1.29 is 0 Å². The smallest absolute Gasteiger partial charge is 0.132 e. The van der Waals surface area contributed by atoms with E-state index in [1.54, 1.807) is 0 Å². The van der Waals surface area contributed by atoms with E-state index in [4.69, 9.17) is 9.97 Å². The van der Waals surface area contributed by atoms with E-state index in [2.05, 4.69) is 21.6 Å². The average Bonchev–Trinajstić information content (AvgIpc) is 2.86. The molecule has 0 aliphatic carbocycles. The van der Waals surface area contributed by atoms with E-state index in [-0.39, 0.29) is 0 Å². The predicted octanol–water partition coefficient (Wildman–Crippen LogP) is 1.19. The Morgan fingerprint density at radius 1 is 1.05 bits per heavy atom. The summed E-state index contributed by atoms with van der Waals surface area (Å²) in [6.45, 7) is 6.45. The van der Waals surface area contributed by atoms with Gasteiger partial charge in [-0.3, -0.25) is 0 Å². The molecule has 0 radical (unpaired) electrons. The van der Waals surface area contributed by atoms with E-state index < -0.39 is 0 Å². The van der Waals surface area contributed by atoms with Gasteiger partial charge in [0.25, 0.3) is 0 Å². The maximum atomic E-state index is 4.72. The van der Waals surface area contributed by atoms with Crippen LogP contribution >= 0.6 is 0 Å². The van der Waals surface area contributed by atoms with Gasteiger partial charge >= 0.3 is 0 Å². The van der Waals surface area contributed by atoms with Crippen molar-refractivity contribution in [3.63, 3.8) is 0 Å². The molecule has 114 valence electrons. The largest absolute Gasteiger partial charge is 0.353 e. The van der Waals surface area contributed by atoms with Gasteiger partial charge in [-0.15, -0.1) is 0 Å². The number of piperazine rings is 1. The predicted molar refractivity (Wildman–Crippen MR) is 83.8 cm³/mol. The van der Waals surface area contributed by atoms with Crippen molar-refractivity contribution >= 4 is 5.82 Å². The minimum atomic E-state index is 0.603. The number of fused-ring (bicyclic) bond motifs is 2. The molecule has 0 amide bonds. The Balaban J connectivity index is 1.58. The van der Waals surface area contributed by atoms with Crippen LogP contribution in [0.25, 0.3) is 0 Å². The van der Waals surface area contributed by atoms with E-state index in [9.17, 15) is 0 Å². The summed E-state index contributed by atoms with van der Waals surface area (Å²) in [5, 5.41) is 7.12. The van der Waals surface area contributed by atoms with Gasteiger partial charge in [0.2, 0.25) is 0 Å². The van der Waals surface area contributed by atoms with E-state index in [0.717, 1.165) is 37.8 Å². The van der Waals surface area contributed by atoms with Crippen molar-refractivity contribution in [1.29, 1.82) is 0 Å². The molecule has 3 fully saturated rings. The Bertz CT molecular complexity index is 499. The molecular weight excluding hydrogens is 262 g/mol. The summed E-state index contributed by atoms with van der Waals surface area (Å²) < 4.78 is 0. The van der Waals surface area contributed by atoms with Crippen molar-refractivity contribution in [2.24, 2.45) is 0 Å². The van der Waals surface area contributed by atoms with Crippen LogP contribution in [0, 0.1) is 6.92 Å². The molecule has 5 nitrogen and oxygen atoms in total. The van der Waals surface area contributed by atoms with Crippen LogP contribution in [0.2, 0.25) is 0 Å². The fourth-order valence-corrected chi connectivity index (χ4v) is 4.05. The maximum Gasteiger partial charge on any atom is 0.132 e. The Kier molecular flexibility index (Phi) is 3.55. The molecule has 2 bridgehead atoms. The first kappa shape index (κ1) is 13.5. The zero-order valence-electron chi connectivity index (χ0n) is 12.8. The van der Waals surface area contributed by atoms with Crippen LogP contribution in [-0.4, -0.2) is 48.2 Å². The van der Waals surface area contributed by atoms with E-state index >= 15 is 0 Å². The molecule has 4 rings (SSSR count). The van der Waals surface area contributed by atoms with Crippen LogP contribution in [0.3, 0.4) is 0 Å². The third-order valence-electron chi connectivity index (χ3n) is 5.14. The average molecular weight is 287 g/mol. The van der Waals surface area contributed by atoms with Gasteiger partial charge in [0.1, 0.15) is 11.6 Å². The van der Waals surface area contributed by atoms with Crippen molar-refractivity contribution in [3.05, 3.63) is 17.6 Å². The van der Waals surface area contributed by atoms with Gasteiger partial charge in [-0.25, -0.2) is 9.97 Å². The van der Waals surface area contributed by atoms with Gasteiger partial charge in [0.05, 0.1) is 0 Å². The van der Waals surface area contributed by atoms with Crippen LogP contribution in [0.15, 0.2) is 6.07 Å². The van der Waals surface area contributed by atoms with Crippen molar-refractivity contribution in [1.82, 2.24) is 20.6 Å². The lowest BCUT2D eigenvalue weighted by Crippen LogP contribution is -2.51. The second kappa shape index (κ2) is 5.54. The number of hydrogen-bond donors (Lipinski definition) is 2. The minimum absolute atomic E-state index is 0.603. The number of aryl methyl sites for hydroxylation is 1. The van der Waals surface area contributed by atoms with Gasteiger partial charge < -0.3 is 15.5 Å². The van der Waals surface area contributed by atoms with Gasteiger partial charge in [0.15, 0.2) is 0 Å².